The predicted octanol–water partition coefficient (Wildman–Crippen LogP) is 3.62. The van der Waals surface area contributed by atoms with Crippen molar-refractivity contribution in [1.82, 2.24) is 10.6 Å². The van der Waals surface area contributed by atoms with Gasteiger partial charge in [-0.25, -0.2) is 0 Å². The lowest BCUT2D eigenvalue weighted by Crippen LogP contribution is -2.38. The number of benzene rings is 1. The van der Waals surface area contributed by atoms with Crippen LogP contribution in [0.3, 0.4) is 0 Å². The van der Waals surface area contributed by atoms with E-state index in [4.69, 9.17) is 16.3 Å². The summed E-state index contributed by atoms with van der Waals surface area (Å²) in [5.41, 5.74) is 1.23. The van der Waals surface area contributed by atoms with Gasteiger partial charge in [-0.3, -0.25) is 4.99 Å². The highest BCUT2D eigenvalue weighted by molar-refractivity contribution is 14.0. The quantitative estimate of drug-likeness (QED) is 0.378. The van der Waals surface area contributed by atoms with E-state index >= 15 is 0 Å². The number of ether oxygens (including phenoxy) is 1. The van der Waals surface area contributed by atoms with Gasteiger partial charge < -0.3 is 15.4 Å². The monoisotopic (exact) mass is 451 g/mol. The van der Waals surface area contributed by atoms with Gasteiger partial charge in [0, 0.05) is 31.3 Å². The van der Waals surface area contributed by atoms with Crippen LogP contribution in [0.25, 0.3) is 0 Å². The summed E-state index contributed by atoms with van der Waals surface area (Å²) in [7, 11) is 0. The number of nitrogens with one attached hydrogen (secondary N) is 2. The van der Waals surface area contributed by atoms with Crippen LogP contribution in [0.2, 0.25) is 5.02 Å². The molecule has 1 unspecified atom stereocenters. The van der Waals surface area contributed by atoms with Crippen LogP contribution in [0.15, 0.2) is 29.3 Å². The lowest BCUT2D eigenvalue weighted by atomic mass is 10.1. The molecule has 1 saturated heterocycles. The molecule has 130 valence electrons. The zero-order chi connectivity index (χ0) is 15.6. The molecule has 1 aliphatic heterocycles. The maximum atomic E-state index is 6.00. The maximum Gasteiger partial charge on any atom is 0.191 e. The molecule has 2 N–H and O–H groups in total. The maximum absolute atomic E-state index is 6.00. The van der Waals surface area contributed by atoms with E-state index in [0.29, 0.717) is 6.10 Å². The van der Waals surface area contributed by atoms with Gasteiger partial charge in [-0.05, 0) is 50.3 Å². The van der Waals surface area contributed by atoms with Crippen molar-refractivity contribution in [3.63, 3.8) is 0 Å². The third-order valence-electron chi connectivity index (χ3n) is 3.68. The summed E-state index contributed by atoms with van der Waals surface area (Å²) in [6.45, 7) is 5.49. The highest BCUT2D eigenvalue weighted by Crippen LogP contribution is 2.15. The molecule has 1 fully saturated rings. The summed E-state index contributed by atoms with van der Waals surface area (Å²) in [4.78, 5) is 4.61. The molecule has 0 amide bonds. The van der Waals surface area contributed by atoms with Crippen LogP contribution in [0.4, 0.5) is 0 Å². The zero-order valence-corrected chi connectivity index (χ0v) is 16.8. The second-order valence-corrected chi connectivity index (χ2v) is 5.93. The molecular weight excluding hydrogens is 425 g/mol. The minimum absolute atomic E-state index is 0. The Labute approximate surface area is 161 Å². The molecule has 0 bridgehead atoms. The summed E-state index contributed by atoms with van der Waals surface area (Å²) in [5.74, 6) is 0.877. The highest BCUT2D eigenvalue weighted by Gasteiger charge is 2.14. The van der Waals surface area contributed by atoms with Crippen LogP contribution in [0.5, 0.6) is 0 Å². The molecule has 2 rings (SSSR count). The Bertz CT molecular complexity index is 479. The predicted molar refractivity (Wildman–Crippen MR) is 108 cm³/mol. The summed E-state index contributed by atoms with van der Waals surface area (Å²) >= 11 is 6.00. The Hall–Kier alpha value is -0.530. The Balaban J connectivity index is 0.00000264. The summed E-state index contributed by atoms with van der Waals surface area (Å²) in [6, 6.07) is 7.98. The zero-order valence-electron chi connectivity index (χ0n) is 13.7. The summed E-state index contributed by atoms with van der Waals surface area (Å²) in [6.07, 6.45) is 4.69. The Morgan fingerprint density at radius 1 is 1.39 bits per heavy atom. The largest absolute Gasteiger partial charge is 0.378 e. The second-order valence-electron chi connectivity index (χ2n) is 5.49. The van der Waals surface area contributed by atoms with Crippen molar-refractivity contribution in [2.45, 2.75) is 38.7 Å². The van der Waals surface area contributed by atoms with Crippen LogP contribution in [-0.2, 0) is 11.2 Å². The van der Waals surface area contributed by atoms with Gasteiger partial charge in [0.15, 0.2) is 5.96 Å². The number of aliphatic imine (C=N–C) groups is 1. The van der Waals surface area contributed by atoms with Crippen LogP contribution in [0, 0.1) is 0 Å². The highest BCUT2D eigenvalue weighted by atomic mass is 127. The third-order valence-corrected chi connectivity index (χ3v) is 3.92. The van der Waals surface area contributed by atoms with Gasteiger partial charge in [0.1, 0.15) is 0 Å². The van der Waals surface area contributed by atoms with Gasteiger partial charge in [0.2, 0.25) is 0 Å². The van der Waals surface area contributed by atoms with Crippen LogP contribution in [0.1, 0.15) is 31.7 Å². The number of halogens is 2. The van der Waals surface area contributed by atoms with Gasteiger partial charge in [-0.15, -0.1) is 24.0 Å². The molecule has 0 radical (unpaired) electrons. The van der Waals surface area contributed by atoms with Crippen molar-refractivity contribution in [3.05, 3.63) is 34.9 Å². The average Bonchev–Trinajstić information content (AvgIpc) is 3.01. The van der Waals surface area contributed by atoms with Crippen molar-refractivity contribution in [3.8, 4) is 0 Å². The van der Waals surface area contributed by atoms with E-state index < -0.39 is 0 Å². The summed E-state index contributed by atoms with van der Waals surface area (Å²) in [5, 5.41) is 7.43. The number of rotatable bonds is 7. The third kappa shape index (κ3) is 8.22. The van der Waals surface area contributed by atoms with Gasteiger partial charge in [0.25, 0.3) is 0 Å². The molecule has 6 heteroatoms. The van der Waals surface area contributed by atoms with Crippen molar-refractivity contribution in [1.29, 1.82) is 0 Å². The number of nitrogens with zero attached hydrogens (tertiary/aromatic N) is 1. The molecule has 4 nitrogen and oxygen atoms in total. The van der Waals surface area contributed by atoms with Gasteiger partial charge in [-0.1, -0.05) is 23.7 Å². The van der Waals surface area contributed by atoms with E-state index in [-0.39, 0.29) is 24.0 Å². The van der Waals surface area contributed by atoms with Gasteiger partial charge in [-0.2, -0.15) is 0 Å². The Morgan fingerprint density at radius 3 is 2.96 bits per heavy atom. The molecule has 23 heavy (non-hydrogen) atoms. The van der Waals surface area contributed by atoms with Gasteiger partial charge in [0.05, 0.1) is 6.10 Å². The van der Waals surface area contributed by atoms with E-state index in [2.05, 4.69) is 28.6 Å². The lowest BCUT2D eigenvalue weighted by Gasteiger charge is -2.12. The number of hydrogen-bond acceptors (Lipinski definition) is 2. The van der Waals surface area contributed by atoms with E-state index in [0.717, 1.165) is 50.1 Å². The van der Waals surface area contributed by atoms with E-state index in [1.54, 1.807) is 0 Å². The van der Waals surface area contributed by atoms with E-state index in [1.807, 2.05) is 18.2 Å². The molecule has 1 aromatic rings. The Kier molecular flexibility index (Phi) is 10.6. The van der Waals surface area contributed by atoms with Gasteiger partial charge >= 0.3 is 0 Å². The standard InChI is InChI=1S/C17H26ClN3O.HI/c1-2-19-17(21-11-9-16-7-4-12-22-16)20-10-8-14-5-3-6-15(18)13-14;/h3,5-6,13,16H,2,4,7-12H2,1H3,(H2,19,20,21);1H. The van der Waals surface area contributed by atoms with Crippen molar-refractivity contribution in [2.75, 3.05) is 26.2 Å². The van der Waals surface area contributed by atoms with Crippen LogP contribution < -0.4 is 10.6 Å². The smallest absolute Gasteiger partial charge is 0.191 e. The number of guanidine groups is 1. The molecule has 1 atom stereocenters. The molecule has 1 aromatic carbocycles. The molecule has 0 aromatic heterocycles. The SMILES string of the molecule is CCNC(=NCCC1CCCO1)NCCc1cccc(Cl)c1.I. The first-order chi connectivity index (χ1) is 10.8. The van der Waals surface area contributed by atoms with E-state index in [1.165, 1.54) is 18.4 Å². The molecule has 0 aliphatic carbocycles. The van der Waals surface area contributed by atoms with E-state index in [9.17, 15) is 0 Å². The fourth-order valence-electron chi connectivity index (χ4n) is 2.55. The molecule has 1 heterocycles. The Morgan fingerprint density at radius 2 is 2.26 bits per heavy atom. The number of hydrogen-bond donors (Lipinski definition) is 2. The summed E-state index contributed by atoms with van der Waals surface area (Å²) < 4.78 is 5.62. The molecule has 0 saturated carbocycles. The normalized spacial score (nSPS) is 17.7. The second kappa shape index (κ2) is 11.9. The lowest BCUT2D eigenvalue weighted by molar-refractivity contribution is 0.106. The molecule has 0 spiro atoms. The van der Waals surface area contributed by atoms with Crippen molar-refractivity contribution < 1.29 is 4.74 Å². The molecular formula is C17H27ClIN3O. The van der Waals surface area contributed by atoms with Crippen molar-refractivity contribution >= 4 is 41.5 Å². The van der Waals surface area contributed by atoms with Crippen molar-refractivity contribution in [2.24, 2.45) is 4.99 Å². The first-order valence-electron chi connectivity index (χ1n) is 8.16. The fraction of sp³-hybridized carbons (Fsp3) is 0.588. The minimum Gasteiger partial charge on any atom is -0.378 e. The van der Waals surface area contributed by atoms with Crippen LogP contribution >= 0.6 is 35.6 Å². The first-order valence-corrected chi connectivity index (χ1v) is 8.54. The molecule has 1 aliphatic rings. The first kappa shape index (κ1) is 20.5. The topological polar surface area (TPSA) is 45.7 Å². The average molecular weight is 452 g/mol. The fourth-order valence-corrected chi connectivity index (χ4v) is 2.76. The van der Waals surface area contributed by atoms with Crippen LogP contribution in [-0.4, -0.2) is 38.3 Å². The minimum atomic E-state index is 0.